The fourth-order valence-corrected chi connectivity index (χ4v) is 1.98. The van der Waals surface area contributed by atoms with Crippen LogP contribution in [0.4, 0.5) is 0 Å². The summed E-state index contributed by atoms with van der Waals surface area (Å²) in [7, 11) is 0. The molecule has 0 saturated carbocycles. The Morgan fingerprint density at radius 3 is 2.94 bits per heavy atom. The maximum Gasteiger partial charge on any atom is 0.335 e. The predicted octanol–water partition coefficient (Wildman–Crippen LogP) is 1.69. The standard InChI is InChI=1S/C12H12N2O3.H3N/c15-12(16)8-1-2-10-11(5-8)14(7-13-10)6-9-3-4-17-9;/h1-2,5,7,9H,3-4,6H2,(H,15,16);1H3/t9-;/m0./s1. The number of imidazole rings is 1. The van der Waals surface area contributed by atoms with E-state index in [-0.39, 0.29) is 17.8 Å². The maximum absolute atomic E-state index is 10.9. The summed E-state index contributed by atoms with van der Waals surface area (Å²) in [5, 5.41) is 8.96. The molecule has 1 aliphatic heterocycles. The van der Waals surface area contributed by atoms with E-state index in [4.69, 9.17) is 9.84 Å². The molecule has 4 N–H and O–H groups in total. The van der Waals surface area contributed by atoms with Crippen molar-refractivity contribution in [3.8, 4) is 0 Å². The number of carboxylic acid groups (broad SMARTS) is 1. The smallest absolute Gasteiger partial charge is 0.335 e. The highest BCUT2D eigenvalue weighted by Gasteiger charge is 2.19. The molecule has 3 rings (SSSR count). The van der Waals surface area contributed by atoms with Crippen LogP contribution in [0.5, 0.6) is 0 Å². The van der Waals surface area contributed by atoms with E-state index in [1.807, 2.05) is 4.57 Å². The van der Waals surface area contributed by atoms with Crippen LogP contribution >= 0.6 is 0 Å². The van der Waals surface area contributed by atoms with Gasteiger partial charge in [0.05, 0.1) is 35.6 Å². The molecule has 1 atom stereocenters. The van der Waals surface area contributed by atoms with Crippen molar-refractivity contribution < 1.29 is 14.6 Å². The Labute approximate surface area is 104 Å². The van der Waals surface area contributed by atoms with Crippen LogP contribution in [0.1, 0.15) is 16.8 Å². The molecular formula is C12H15N3O3. The summed E-state index contributed by atoms with van der Waals surface area (Å²) in [4.78, 5) is 15.2. The lowest BCUT2D eigenvalue weighted by atomic mass is 10.1. The first-order chi connectivity index (χ1) is 8.24. The van der Waals surface area contributed by atoms with E-state index in [0.717, 1.165) is 30.6 Å². The quantitative estimate of drug-likeness (QED) is 0.862. The Kier molecular flexibility index (Phi) is 3.31. The van der Waals surface area contributed by atoms with E-state index in [1.54, 1.807) is 24.5 Å². The predicted molar refractivity (Wildman–Crippen MR) is 66.1 cm³/mol. The zero-order valence-electron chi connectivity index (χ0n) is 9.87. The second kappa shape index (κ2) is 4.75. The van der Waals surface area contributed by atoms with Crippen molar-refractivity contribution in [2.45, 2.75) is 19.1 Å². The maximum atomic E-state index is 10.9. The van der Waals surface area contributed by atoms with Gasteiger partial charge in [0.25, 0.3) is 0 Å². The Balaban J connectivity index is 0.00000120. The van der Waals surface area contributed by atoms with Gasteiger partial charge in [-0.3, -0.25) is 0 Å². The van der Waals surface area contributed by atoms with E-state index in [1.165, 1.54) is 0 Å². The molecule has 0 amide bonds. The lowest BCUT2D eigenvalue weighted by Gasteiger charge is -2.26. The largest absolute Gasteiger partial charge is 0.478 e. The van der Waals surface area contributed by atoms with Crippen LogP contribution in [0, 0.1) is 0 Å². The van der Waals surface area contributed by atoms with Gasteiger partial charge in [-0.2, -0.15) is 0 Å². The van der Waals surface area contributed by atoms with Gasteiger partial charge in [0.2, 0.25) is 0 Å². The summed E-state index contributed by atoms with van der Waals surface area (Å²) >= 11 is 0. The number of hydrogen-bond acceptors (Lipinski definition) is 4. The molecule has 0 bridgehead atoms. The van der Waals surface area contributed by atoms with Crippen molar-refractivity contribution in [2.75, 3.05) is 6.61 Å². The highest BCUT2D eigenvalue weighted by atomic mass is 16.5. The SMILES string of the molecule is N.O=C(O)c1ccc2ncn(C[C@@H]3CCO3)c2c1. The van der Waals surface area contributed by atoms with Gasteiger partial charge >= 0.3 is 5.97 Å². The Morgan fingerprint density at radius 1 is 1.56 bits per heavy atom. The van der Waals surface area contributed by atoms with Crippen molar-refractivity contribution in [3.63, 3.8) is 0 Å². The van der Waals surface area contributed by atoms with Crippen LogP contribution in [0.15, 0.2) is 24.5 Å². The lowest BCUT2D eigenvalue weighted by molar-refractivity contribution is -0.0586. The minimum Gasteiger partial charge on any atom is -0.478 e. The number of benzene rings is 1. The van der Waals surface area contributed by atoms with Crippen LogP contribution in [0.3, 0.4) is 0 Å². The van der Waals surface area contributed by atoms with Crippen LogP contribution in [-0.4, -0.2) is 33.3 Å². The van der Waals surface area contributed by atoms with E-state index in [0.29, 0.717) is 0 Å². The van der Waals surface area contributed by atoms with Gasteiger partial charge in [0, 0.05) is 6.61 Å². The second-order valence-corrected chi connectivity index (χ2v) is 4.19. The molecule has 1 saturated heterocycles. The van der Waals surface area contributed by atoms with E-state index < -0.39 is 5.97 Å². The van der Waals surface area contributed by atoms with Crippen molar-refractivity contribution in [2.24, 2.45) is 0 Å². The molecule has 1 aromatic heterocycles. The molecule has 0 spiro atoms. The van der Waals surface area contributed by atoms with Crippen molar-refractivity contribution in [1.82, 2.24) is 15.7 Å². The topological polar surface area (TPSA) is 99.4 Å². The summed E-state index contributed by atoms with van der Waals surface area (Å²) in [5.74, 6) is -0.917. The third-order valence-corrected chi connectivity index (χ3v) is 3.06. The summed E-state index contributed by atoms with van der Waals surface area (Å²) in [6.45, 7) is 1.55. The number of carbonyl (C=O) groups is 1. The summed E-state index contributed by atoms with van der Waals surface area (Å²) in [5.41, 5.74) is 1.95. The second-order valence-electron chi connectivity index (χ2n) is 4.19. The van der Waals surface area contributed by atoms with Crippen LogP contribution in [-0.2, 0) is 11.3 Å². The molecule has 0 radical (unpaired) electrons. The fourth-order valence-electron chi connectivity index (χ4n) is 1.98. The molecule has 6 nitrogen and oxygen atoms in total. The van der Waals surface area contributed by atoms with Gasteiger partial charge in [-0.1, -0.05) is 0 Å². The Hall–Kier alpha value is -1.92. The van der Waals surface area contributed by atoms with Gasteiger partial charge < -0.3 is 20.6 Å². The number of fused-ring (bicyclic) bond motifs is 1. The Bertz CT molecular complexity index is 575. The van der Waals surface area contributed by atoms with Gasteiger partial charge in [-0.25, -0.2) is 9.78 Å². The highest BCUT2D eigenvalue weighted by Crippen LogP contribution is 2.19. The molecule has 1 fully saturated rings. The molecule has 1 aromatic carbocycles. The van der Waals surface area contributed by atoms with E-state index >= 15 is 0 Å². The van der Waals surface area contributed by atoms with Crippen molar-refractivity contribution >= 4 is 17.0 Å². The van der Waals surface area contributed by atoms with Crippen LogP contribution in [0.25, 0.3) is 11.0 Å². The van der Waals surface area contributed by atoms with E-state index in [9.17, 15) is 4.79 Å². The molecule has 0 unspecified atom stereocenters. The number of hydrogen-bond donors (Lipinski definition) is 2. The van der Waals surface area contributed by atoms with Crippen LogP contribution < -0.4 is 6.15 Å². The average Bonchev–Trinajstić information content (AvgIpc) is 2.65. The fraction of sp³-hybridized carbons (Fsp3) is 0.333. The number of carboxylic acids is 1. The minimum absolute atomic E-state index is 0. The van der Waals surface area contributed by atoms with Gasteiger partial charge in [-0.05, 0) is 24.6 Å². The first-order valence-electron chi connectivity index (χ1n) is 5.54. The molecule has 18 heavy (non-hydrogen) atoms. The monoisotopic (exact) mass is 249 g/mol. The number of ether oxygens (including phenoxy) is 1. The number of rotatable bonds is 3. The summed E-state index contributed by atoms with van der Waals surface area (Å²) in [6, 6.07) is 4.96. The Morgan fingerprint density at radius 2 is 2.33 bits per heavy atom. The number of aromatic carboxylic acids is 1. The number of nitrogens with zero attached hydrogens (tertiary/aromatic N) is 2. The molecule has 1 aliphatic rings. The van der Waals surface area contributed by atoms with Gasteiger partial charge in [0.15, 0.2) is 0 Å². The van der Waals surface area contributed by atoms with Crippen LogP contribution in [0.2, 0.25) is 0 Å². The van der Waals surface area contributed by atoms with E-state index in [2.05, 4.69) is 4.98 Å². The van der Waals surface area contributed by atoms with Crippen molar-refractivity contribution in [3.05, 3.63) is 30.1 Å². The average molecular weight is 249 g/mol. The highest BCUT2D eigenvalue weighted by molar-refractivity contribution is 5.92. The summed E-state index contributed by atoms with van der Waals surface area (Å²) < 4.78 is 7.32. The molecule has 2 heterocycles. The van der Waals surface area contributed by atoms with Crippen molar-refractivity contribution in [1.29, 1.82) is 0 Å². The molecule has 2 aromatic rings. The zero-order valence-corrected chi connectivity index (χ0v) is 9.87. The zero-order chi connectivity index (χ0) is 11.8. The summed E-state index contributed by atoms with van der Waals surface area (Å²) in [6.07, 6.45) is 3.02. The molecule has 6 heteroatoms. The third kappa shape index (κ3) is 2.07. The first-order valence-corrected chi connectivity index (χ1v) is 5.54. The third-order valence-electron chi connectivity index (χ3n) is 3.06. The minimum atomic E-state index is -0.917. The van der Waals surface area contributed by atoms with Gasteiger partial charge in [-0.15, -0.1) is 0 Å². The first kappa shape index (κ1) is 12.5. The number of aromatic nitrogens is 2. The molecule has 96 valence electrons. The normalized spacial score (nSPS) is 18.1. The van der Waals surface area contributed by atoms with Gasteiger partial charge in [0.1, 0.15) is 0 Å². The molecule has 0 aliphatic carbocycles. The molecular weight excluding hydrogens is 234 g/mol. The lowest BCUT2D eigenvalue weighted by Crippen LogP contribution is -2.30.